The number of amides is 1. The number of benzene rings is 1. The van der Waals surface area contributed by atoms with Gasteiger partial charge in [-0.25, -0.2) is 0 Å². The molecule has 0 radical (unpaired) electrons. The summed E-state index contributed by atoms with van der Waals surface area (Å²) in [5.74, 6) is -0.269. The minimum atomic E-state index is -0.629. The summed E-state index contributed by atoms with van der Waals surface area (Å²) >= 11 is 5.90. The third-order valence-electron chi connectivity index (χ3n) is 2.21. The Kier molecular flexibility index (Phi) is 2.98. The first kappa shape index (κ1) is 11.8. The molecule has 0 spiro atoms. The van der Waals surface area contributed by atoms with E-state index in [9.17, 15) is 4.79 Å². The number of fused-ring (bicyclic) bond motifs is 1. The van der Waals surface area contributed by atoms with Gasteiger partial charge in [0.25, 0.3) is 11.9 Å². The van der Waals surface area contributed by atoms with Gasteiger partial charge in [0.05, 0.1) is 11.5 Å². The van der Waals surface area contributed by atoms with E-state index in [0.29, 0.717) is 15.8 Å². The second-order valence-electron chi connectivity index (χ2n) is 3.94. The van der Waals surface area contributed by atoms with Gasteiger partial charge in [0.2, 0.25) is 5.76 Å². The van der Waals surface area contributed by atoms with Gasteiger partial charge in [0.15, 0.2) is 0 Å². The van der Waals surface area contributed by atoms with Crippen molar-refractivity contribution in [3.63, 3.8) is 0 Å². The molecule has 0 aliphatic rings. The largest absolute Gasteiger partial charge is 0.462 e. The van der Waals surface area contributed by atoms with Crippen molar-refractivity contribution in [3.8, 4) is 5.95 Å². The van der Waals surface area contributed by atoms with Crippen molar-refractivity contribution in [1.82, 2.24) is 0 Å². The number of hydrogen-bond acceptors (Lipinski definition) is 3. The zero-order valence-electron chi connectivity index (χ0n) is 9.49. The summed E-state index contributed by atoms with van der Waals surface area (Å²) < 4.78 is 10.8. The quantitative estimate of drug-likeness (QED) is 0.915. The minimum absolute atomic E-state index is 0.0657. The Morgan fingerprint density at radius 2 is 2.12 bits per heavy atom. The molecule has 0 saturated heterocycles. The van der Waals surface area contributed by atoms with Crippen LogP contribution in [0.5, 0.6) is 5.95 Å². The van der Waals surface area contributed by atoms with Crippen LogP contribution in [0.25, 0.3) is 10.8 Å². The predicted octanol–water partition coefficient (Wildman–Crippen LogP) is 2.97. The molecular formula is C12H12ClNO3. The zero-order chi connectivity index (χ0) is 12.6. The summed E-state index contributed by atoms with van der Waals surface area (Å²) in [6, 6.07) is 5.05. The topological polar surface area (TPSA) is 65.5 Å². The van der Waals surface area contributed by atoms with Crippen molar-refractivity contribution >= 4 is 28.3 Å². The molecule has 2 aromatic rings. The number of ether oxygens (including phenoxy) is 1. The monoisotopic (exact) mass is 253 g/mol. The molecule has 0 atom stereocenters. The first-order chi connectivity index (χ1) is 7.99. The lowest BCUT2D eigenvalue weighted by Crippen LogP contribution is -2.10. The van der Waals surface area contributed by atoms with Crippen LogP contribution < -0.4 is 10.5 Å². The van der Waals surface area contributed by atoms with Crippen molar-refractivity contribution < 1.29 is 13.9 Å². The Hall–Kier alpha value is -1.68. The lowest BCUT2D eigenvalue weighted by Gasteiger charge is -2.05. The summed E-state index contributed by atoms with van der Waals surface area (Å²) in [5, 5.41) is 1.81. The molecule has 0 saturated carbocycles. The number of nitrogens with two attached hydrogens (primary N) is 1. The molecule has 90 valence electrons. The average molecular weight is 254 g/mol. The standard InChI is InChI=1S/C12H12ClNO3/c1-6(2)16-12-9-5-7(13)3-4-8(9)10(17-12)11(14)15/h3-6H,1-2H3,(H2,14,15). The fourth-order valence-corrected chi connectivity index (χ4v) is 1.74. The summed E-state index contributed by atoms with van der Waals surface area (Å²) in [7, 11) is 0. The fourth-order valence-electron chi connectivity index (χ4n) is 1.57. The van der Waals surface area contributed by atoms with E-state index >= 15 is 0 Å². The molecule has 0 fully saturated rings. The van der Waals surface area contributed by atoms with E-state index in [-0.39, 0.29) is 17.8 Å². The number of rotatable bonds is 3. The molecule has 17 heavy (non-hydrogen) atoms. The maximum Gasteiger partial charge on any atom is 0.293 e. The van der Waals surface area contributed by atoms with Gasteiger partial charge in [-0.05, 0) is 32.0 Å². The second-order valence-corrected chi connectivity index (χ2v) is 4.38. The Morgan fingerprint density at radius 1 is 1.41 bits per heavy atom. The average Bonchev–Trinajstić information content (AvgIpc) is 2.56. The maximum atomic E-state index is 11.2. The molecule has 1 amide bonds. The molecule has 4 nitrogen and oxygen atoms in total. The number of primary amides is 1. The fraction of sp³-hybridized carbons (Fsp3) is 0.250. The first-order valence-electron chi connectivity index (χ1n) is 5.17. The van der Waals surface area contributed by atoms with E-state index in [1.54, 1.807) is 18.2 Å². The van der Waals surface area contributed by atoms with Crippen LogP contribution in [-0.2, 0) is 0 Å². The Bertz CT molecular complexity index is 574. The van der Waals surface area contributed by atoms with Crippen molar-refractivity contribution in [1.29, 1.82) is 0 Å². The highest BCUT2D eigenvalue weighted by atomic mass is 35.5. The van der Waals surface area contributed by atoms with Crippen LogP contribution in [0.15, 0.2) is 22.6 Å². The molecule has 2 rings (SSSR count). The van der Waals surface area contributed by atoms with Gasteiger partial charge in [-0.3, -0.25) is 4.79 Å². The van der Waals surface area contributed by atoms with Crippen LogP contribution in [0.4, 0.5) is 0 Å². The first-order valence-corrected chi connectivity index (χ1v) is 5.55. The van der Waals surface area contributed by atoms with Crippen LogP contribution in [0.2, 0.25) is 5.02 Å². The van der Waals surface area contributed by atoms with Crippen molar-refractivity contribution in [2.75, 3.05) is 0 Å². The Morgan fingerprint density at radius 3 is 2.71 bits per heavy atom. The van der Waals surface area contributed by atoms with Crippen LogP contribution in [0, 0.1) is 0 Å². The van der Waals surface area contributed by atoms with Crippen LogP contribution in [-0.4, -0.2) is 12.0 Å². The highest BCUT2D eigenvalue weighted by Crippen LogP contribution is 2.34. The van der Waals surface area contributed by atoms with E-state index in [2.05, 4.69) is 0 Å². The van der Waals surface area contributed by atoms with Crippen LogP contribution in [0.1, 0.15) is 24.4 Å². The lowest BCUT2D eigenvalue weighted by molar-refractivity contribution is 0.0961. The molecule has 0 bridgehead atoms. The lowest BCUT2D eigenvalue weighted by atomic mass is 10.2. The van der Waals surface area contributed by atoms with Crippen molar-refractivity contribution in [2.45, 2.75) is 20.0 Å². The normalized spacial score (nSPS) is 11.1. The second kappa shape index (κ2) is 4.30. The molecule has 0 aliphatic heterocycles. The summed E-state index contributed by atoms with van der Waals surface area (Å²) in [4.78, 5) is 11.2. The smallest absolute Gasteiger partial charge is 0.293 e. The van der Waals surface area contributed by atoms with E-state index in [4.69, 9.17) is 26.5 Å². The third kappa shape index (κ3) is 2.22. The molecule has 5 heteroatoms. The van der Waals surface area contributed by atoms with Gasteiger partial charge in [-0.15, -0.1) is 0 Å². The molecule has 1 aromatic heterocycles. The van der Waals surface area contributed by atoms with Gasteiger partial charge in [0.1, 0.15) is 0 Å². The Labute approximate surface area is 103 Å². The number of furan rings is 1. The molecule has 1 aromatic carbocycles. The number of halogens is 1. The summed E-state index contributed by atoms with van der Waals surface area (Å²) in [6.45, 7) is 3.73. The minimum Gasteiger partial charge on any atom is -0.462 e. The molecule has 2 N–H and O–H groups in total. The highest BCUT2D eigenvalue weighted by Gasteiger charge is 2.19. The van der Waals surface area contributed by atoms with E-state index < -0.39 is 5.91 Å². The Balaban J connectivity index is 2.66. The van der Waals surface area contributed by atoms with Crippen LogP contribution in [0.3, 0.4) is 0 Å². The number of carbonyl (C=O) groups excluding carboxylic acids is 1. The van der Waals surface area contributed by atoms with Crippen LogP contribution >= 0.6 is 11.6 Å². The summed E-state index contributed by atoms with van der Waals surface area (Å²) in [5.41, 5.74) is 5.24. The number of hydrogen-bond donors (Lipinski definition) is 1. The predicted molar refractivity (Wildman–Crippen MR) is 65.5 cm³/mol. The molecule has 0 aliphatic carbocycles. The van der Waals surface area contributed by atoms with E-state index in [1.807, 2.05) is 13.8 Å². The summed E-state index contributed by atoms with van der Waals surface area (Å²) in [6.07, 6.45) is -0.0657. The van der Waals surface area contributed by atoms with Gasteiger partial charge in [-0.1, -0.05) is 11.6 Å². The van der Waals surface area contributed by atoms with Gasteiger partial charge >= 0.3 is 0 Å². The molecular weight excluding hydrogens is 242 g/mol. The number of carbonyl (C=O) groups is 1. The highest BCUT2D eigenvalue weighted by molar-refractivity contribution is 6.31. The maximum absolute atomic E-state index is 11.2. The van der Waals surface area contributed by atoms with Gasteiger partial charge in [-0.2, -0.15) is 0 Å². The molecule has 0 unspecified atom stereocenters. The van der Waals surface area contributed by atoms with Gasteiger partial charge in [0, 0.05) is 10.4 Å². The van der Waals surface area contributed by atoms with Gasteiger partial charge < -0.3 is 14.9 Å². The van der Waals surface area contributed by atoms with Crippen molar-refractivity contribution in [2.24, 2.45) is 5.73 Å². The third-order valence-corrected chi connectivity index (χ3v) is 2.44. The van der Waals surface area contributed by atoms with E-state index in [0.717, 1.165) is 0 Å². The van der Waals surface area contributed by atoms with Crippen molar-refractivity contribution in [3.05, 3.63) is 29.0 Å². The van der Waals surface area contributed by atoms with E-state index in [1.165, 1.54) is 0 Å². The SMILES string of the molecule is CC(C)Oc1oc(C(N)=O)c2ccc(Cl)cc12. The zero-order valence-corrected chi connectivity index (χ0v) is 10.2. The molecule has 1 heterocycles.